The molecular formula is C16H27NO4. The number of likely N-dealkylation sites (N-methyl/N-ethyl adjacent to an activating group) is 1. The van der Waals surface area contributed by atoms with E-state index in [1.165, 1.54) is 0 Å². The second-order valence-electron chi connectivity index (χ2n) is 4.39. The fraction of sp³-hybridized carbons (Fsp3) is 0.625. The molecule has 1 unspecified atom stereocenters. The average Bonchev–Trinajstić information content (AvgIpc) is 2.51. The molecule has 0 spiro atoms. The zero-order valence-electron chi connectivity index (χ0n) is 13.6. The lowest BCUT2D eigenvalue weighted by Crippen LogP contribution is -2.36. The molecule has 1 rings (SSSR count). The van der Waals surface area contributed by atoms with Crippen LogP contribution in [0.3, 0.4) is 0 Å². The molecule has 0 bridgehead atoms. The molecular weight excluding hydrogens is 270 g/mol. The molecule has 1 aromatic carbocycles. The zero-order chi connectivity index (χ0) is 15.7. The minimum absolute atomic E-state index is 0.166. The van der Waals surface area contributed by atoms with Crippen LogP contribution in [-0.2, 0) is 9.47 Å². The molecule has 0 radical (unpaired) electrons. The Kier molecular flexibility index (Phi) is 8.12. The molecule has 0 fully saturated rings. The van der Waals surface area contributed by atoms with Gasteiger partial charge in [0.25, 0.3) is 0 Å². The molecule has 0 aliphatic heterocycles. The molecule has 0 aliphatic carbocycles. The van der Waals surface area contributed by atoms with Crippen molar-refractivity contribution < 1.29 is 18.9 Å². The summed E-state index contributed by atoms with van der Waals surface area (Å²) in [4.78, 5) is 0. The van der Waals surface area contributed by atoms with Gasteiger partial charge in [-0.2, -0.15) is 0 Å². The first kappa shape index (κ1) is 17.8. The summed E-state index contributed by atoms with van der Waals surface area (Å²) in [5.41, 5.74) is 0.913. The maximum absolute atomic E-state index is 5.75. The van der Waals surface area contributed by atoms with Gasteiger partial charge in [0.05, 0.1) is 25.8 Å². The van der Waals surface area contributed by atoms with E-state index in [-0.39, 0.29) is 6.04 Å². The van der Waals surface area contributed by atoms with Crippen LogP contribution in [0.5, 0.6) is 11.5 Å². The third kappa shape index (κ3) is 4.59. The van der Waals surface area contributed by atoms with Gasteiger partial charge in [-0.15, -0.1) is 0 Å². The number of benzene rings is 1. The topological polar surface area (TPSA) is 49.0 Å². The lowest BCUT2D eigenvalue weighted by atomic mass is 10.0. The van der Waals surface area contributed by atoms with E-state index in [2.05, 4.69) is 5.32 Å². The van der Waals surface area contributed by atoms with Gasteiger partial charge in [-0.3, -0.25) is 0 Å². The Balaban J connectivity index is 3.24. The van der Waals surface area contributed by atoms with Gasteiger partial charge >= 0.3 is 0 Å². The predicted molar refractivity (Wildman–Crippen MR) is 83.0 cm³/mol. The average molecular weight is 297 g/mol. The van der Waals surface area contributed by atoms with Crippen LogP contribution in [0.25, 0.3) is 0 Å². The standard InChI is InChI=1S/C16H27NO4/c1-6-17-15(16(20-7-2)21-8-3)14-12(18-4)10-9-11-13(14)19-5/h9-11,15-17H,6-8H2,1-5H3. The molecule has 0 amide bonds. The maximum atomic E-state index is 5.75. The minimum atomic E-state index is -0.398. The van der Waals surface area contributed by atoms with E-state index in [1.54, 1.807) is 14.2 Å². The van der Waals surface area contributed by atoms with E-state index < -0.39 is 6.29 Å². The molecule has 0 aliphatic rings. The molecule has 0 saturated heterocycles. The highest BCUT2D eigenvalue weighted by Crippen LogP contribution is 2.36. The number of nitrogens with one attached hydrogen (secondary N) is 1. The van der Waals surface area contributed by atoms with E-state index in [4.69, 9.17) is 18.9 Å². The third-order valence-corrected chi connectivity index (χ3v) is 3.14. The Morgan fingerprint density at radius 2 is 1.48 bits per heavy atom. The summed E-state index contributed by atoms with van der Waals surface area (Å²) in [6.07, 6.45) is -0.398. The van der Waals surface area contributed by atoms with Crippen molar-refractivity contribution in [2.45, 2.75) is 33.1 Å². The number of methoxy groups -OCH3 is 2. The van der Waals surface area contributed by atoms with E-state index in [9.17, 15) is 0 Å². The zero-order valence-corrected chi connectivity index (χ0v) is 13.6. The van der Waals surface area contributed by atoms with E-state index in [1.807, 2.05) is 39.0 Å². The molecule has 5 heteroatoms. The molecule has 1 N–H and O–H groups in total. The lowest BCUT2D eigenvalue weighted by molar-refractivity contribution is -0.155. The van der Waals surface area contributed by atoms with Crippen LogP contribution in [0.1, 0.15) is 32.4 Å². The maximum Gasteiger partial charge on any atom is 0.177 e. The Hall–Kier alpha value is -1.30. The first-order valence-electron chi connectivity index (χ1n) is 7.40. The van der Waals surface area contributed by atoms with Crippen molar-refractivity contribution in [1.82, 2.24) is 5.32 Å². The molecule has 1 aromatic rings. The summed E-state index contributed by atoms with van der Waals surface area (Å²) < 4.78 is 22.5. The highest BCUT2D eigenvalue weighted by Gasteiger charge is 2.29. The van der Waals surface area contributed by atoms with Gasteiger partial charge in [-0.25, -0.2) is 0 Å². The lowest BCUT2D eigenvalue weighted by Gasteiger charge is -2.29. The van der Waals surface area contributed by atoms with E-state index >= 15 is 0 Å². The summed E-state index contributed by atoms with van der Waals surface area (Å²) in [6, 6.07) is 5.57. The fourth-order valence-corrected chi connectivity index (χ4v) is 2.31. The summed E-state index contributed by atoms with van der Waals surface area (Å²) in [7, 11) is 3.30. The van der Waals surface area contributed by atoms with Gasteiger partial charge in [0.1, 0.15) is 11.5 Å². The first-order chi connectivity index (χ1) is 10.2. The van der Waals surface area contributed by atoms with Crippen LogP contribution in [0, 0.1) is 0 Å². The quantitative estimate of drug-likeness (QED) is 0.673. The predicted octanol–water partition coefficient (Wildman–Crippen LogP) is 2.75. The minimum Gasteiger partial charge on any atom is -0.496 e. The fourth-order valence-electron chi connectivity index (χ4n) is 2.31. The highest BCUT2D eigenvalue weighted by molar-refractivity contribution is 5.47. The smallest absolute Gasteiger partial charge is 0.177 e. The normalized spacial score (nSPS) is 12.5. The van der Waals surface area contributed by atoms with Crippen LogP contribution in [0.4, 0.5) is 0 Å². The van der Waals surface area contributed by atoms with Crippen molar-refractivity contribution >= 4 is 0 Å². The SMILES string of the molecule is CCNC(c1c(OC)cccc1OC)C(OCC)OCC. The molecule has 120 valence electrons. The Labute approximate surface area is 127 Å². The summed E-state index contributed by atoms with van der Waals surface area (Å²) in [6.45, 7) is 7.88. The Morgan fingerprint density at radius 3 is 1.86 bits per heavy atom. The van der Waals surface area contributed by atoms with E-state index in [0.29, 0.717) is 13.2 Å². The number of rotatable bonds is 10. The third-order valence-electron chi connectivity index (χ3n) is 3.14. The summed E-state index contributed by atoms with van der Waals surface area (Å²) in [5, 5.41) is 3.41. The molecule has 0 aromatic heterocycles. The number of hydrogen-bond donors (Lipinski definition) is 1. The highest BCUT2D eigenvalue weighted by atomic mass is 16.7. The van der Waals surface area contributed by atoms with Crippen molar-refractivity contribution in [3.63, 3.8) is 0 Å². The van der Waals surface area contributed by atoms with Crippen molar-refractivity contribution in [3.8, 4) is 11.5 Å². The van der Waals surface area contributed by atoms with Gasteiger partial charge < -0.3 is 24.3 Å². The molecule has 5 nitrogen and oxygen atoms in total. The van der Waals surface area contributed by atoms with Crippen molar-refractivity contribution in [2.75, 3.05) is 34.0 Å². The Morgan fingerprint density at radius 1 is 0.952 bits per heavy atom. The van der Waals surface area contributed by atoms with Gasteiger partial charge in [0, 0.05) is 13.2 Å². The van der Waals surface area contributed by atoms with Gasteiger partial charge in [-0.1, -0.05) is 13.0 Å². The van der Waals surface area contributed by atoms with Gasteiger partial charge in [0.2, 0.25) is 0 Å². The van der Waals surface area contributed by atoms with Crippen molar-refractivity contribution in [2.24, 2.45) is 0 Å². The molecule has 1 atom stereocenters. The summed E-state index contributed by atoms with van der Waals surface area (Å²) in [5.74, 6) is 1.51. The second kappa shape index (κ2) is 9.60. The molecule has 0 saturated carbocycles. The van der Waals surface area contributed by atoms with E-state index in [0.717, 1.165) is 23.6 Å². The van der Waals surface area contributed by atoms with Crippen LogP contribution in [-0.4, -0.2) is 40.3 Å². The molecule has 0 heterocycles. The second-order valence-corrected chi connectivity index (χ2v) is 4.39. The van der Waals surface area contributed by atoms with Crippen LogP contribution in [0.15, 0.2) is 18.2 Å². The number of ether oxygens (including phenoxy) is 4. The largest absolute Gasteiger partial charge is 0.496 e. The van der Waals surface area contributed by atoms with Gasteiger partial charge in [0.15, 0.2) is 6.29 Å². The first-order valence-corrected chi connectivity index (χ1v) is 7.40. The van der Waals surface area contributed by atoms with Gasteiger partial charge in [-0.05, 0) is 32.5 Å². The molecule has 21 heavy (non-hydrogen) atoms. The van der Waals surface area contributed by atoms with Crippen LogP contribution < -0.4 is 14.8 Å². The number of hydrogen-bond acceptors (Lipinski definition) is 5. The Bertz CT molecular complexity index is 383. The monoisotopic (exact) mass is 297 g/mol. The van der Waals surface area contributed by atoms with Crippen LogP contribution in [0.2, 0.25) is 0 Å². The van der Waals surface area contributed by atoms with Crippen molar-refractivity contribution in [3.05, 3.63) is 23.8 Å². The summed E-state index contributed by atoms with van der Waals surface area (Å²) >= 11 is 0. The van der Waals surface area contributed by atoms with Crippen LogP contribution >= 0.6 is 0 Å². The van der Waals surface area contributed by atoms with Crippen molar-refractivity contribution in [1.29, 1.82) is 0 Å².